The SMILES string of the molecule is C[C@H](NC(=S)Nc1ccc(Sc2ccc(Cl)cc2)nc1)c1ccccc1. The van der Waals surface area contributed by atoms with Gasteiger partial charge in [0.25, 0.3) is 0 Å². The van der Waals surface area contributed by atoms with E-state index in [0.29, 0.717) is 5.11 Å². The van der Waals surface area contributed by atoms with Crippen molar-refractivity contribution < 1.29 is 0 Å². The van der Waals surface area contributed by atoms with Gasteiger partial charge in [0.1, 0.15) is 5.03 Å². The Hall–Kier alpha value is -2.08. The average Bonchev–Trinajstić information content (AvgIpc) is 2.66. The number of pyridine rings is 1. The molecule has 0 saturated carbocycles. The van der Waals surface area contributed by atoms with Gasteiger partial charge in [-0.15, -0.1) is 0 Å². The number of halogens is 1. The van der Waals surface area contributed by atoms with E-state index >= 15 is 0 Å². The first-order valence-corrected chi connectivity index (χ1v) is 9.72. The molecule has 0 amide bonds. The summed E-state index contributed by atoms with van der Waals surface area (Å²) < 4.78 is 0. The Labute approximate surface area is 168 Å². The number of rotatable bonds is 5. The zero-order valence-corrected chi connectivity index (χ0v) is 16.5. The van der Waals surface area contributed by atoms with Crippen LogP contribution in [-0.2, 0) is 0 Å². The maximum absolute atomic E-state index is 5.91. The summed E-state index contributed by atoms with van der Waals surface area (Å²) in [7, 11) is 0. The van der Waals surface area contributed by atoms with Crippen LogP contribution in [0.3, 0.4) is 0 Å². The van der Waals surface area contributed by atoms with E-state index in [-0.39, 0.29) is 6.04 Å². The summed E-state index contributed by atoms with van der Waals surface area (Å²) in [5.74, 6) is 0. The lowest BCUT2D eigenvalue weighted by molar-refractivity contribution is 0.722. The number of thiocarbonyl (C=S) groups is 1. The van der Waals surface area contributed by atoms with Crippen LogP contribution < -0.4 is 10.6 Å². The first kappa shape index (κ1) is 18.7. The number of benzene rings is 2. The molecule has 1 atom stereocenters. The van der Waals surface area contributed by atoms with Gasteiger partial charge in [-0.05, 0) is 61.1 Å². The number of hydrogen-bond acceptors (Lipinski definition) is 3. The molecule has 2 aromatic carbocycles. The predicted molar refractivity (Wildman–Crippen MR) is 114 cm³/mol. The number of anilines is 1. The van der Waals surface area contributed by atoms with Crippen LogP contribution >= 0.6 is 35.6 Å². The second-order valence-corrected chi connectivity index (χ2v) is 7.61. The molecule has 2 N–H and O–H groups in total. The fourth-order valence-electron chi connectivity index (χ4n) is 2.33. The summed E-state index contributed by atoms with van der Waals surface area (Å²) in [6.45, 7) is 2.08. The van der Waals surface area contributed by atoms with Crippen LogP contribution in [-0.4, -0.2) is 10.1 Å². The van der Waals surface area contributed by atoms with E-state index in [2.05, 4.69) is 34.7 Å². The minimum atomic E-state index is 0.129. The van der Waals surface area contributed by atoms with Crippen molar-refractivity contribution in [3.63, 3.8) is 0 Å². The molecule has 0 aliphatic carbocycles. The molecule has 6 heteroatoms. The van der Waals surface area contributed by atoms with Crippen LogP contribution in [0.25, 0.3) is 0 Å². The fraction of sp³-hybridized carbons (Fsp3) is 0.100. The summed E-state index contributed by atoms with van der Waals surface area (Å²) in [5.41, 5.74) is 2.03. The Morgan fingerprint density at radius 2 is 1.77 bits per heavy atom. The predicted octanol–water partition coefficient (Wildman–Crippen LogP) is 5.93. The van der Waals surface area contributed by atoms with Gasteiger partial charge in [-0.1, -0.05) is 53.7 Å². The van der Waals surface area contributed by atoms with E-state index in [1.807, 2.05) is 54.6 Å². The van der Waals surface area contributed by atoms with Gasteiger partial charge in [0, 0.05) is 9.92 Å². The summed E-state index contributed by atoms with van der Waals surface area (Å²) in [6, 6.07) is 21.9. The first-order valence-electron chi connectivity index (χ1n) is 8.12. The number of nitrogens with one attached hydrogen (secondary N) is 2. The third-order valence-corrected chi connectivity index (χ3v) is 5.11. The van der Waals surface area contributed by atoms with Crippen LogP contribution in [0.4, 0.5) is 5.69 Å². The molecule has 0 aliphatic heterocycles. The highest BCUT2D eigenvalue weighted by molar-refractivity contribution is 7.99. The van der Waals surface area contributed by atoms with Crippen LogP contribution in [0.1, 0.15) is 18.5 Å². The molecule has 0 unspecified atom stereocenters. The Bertz CT molecular complexity index is 852. The smallest absolute Gasteiger partial charge is 0.171 e. The van der Waals surface area contributed by atoms with Crippen LogP contribution in [0.2, 0.25) is 5.02 Å². The van der Waals surface area contributed by atoms with E-state index < -0.39 is 0 Å². The van der Waals surface area contributed by atoms with Gasteiger partial charge in [0.05, 0.1) is 17.9 Å². The Morgan fingerprint density at radius 1 is 1.04 bits per heavy atom. The molecule has 3 aromatic rings. The van der Waals surface area contributed by atoms with Crippen molar-refractivity contribution in [1.82, 2.24) is 10.3 Å². The zero-order chi connectivity index (χ0) is 18.4. The largest absolute Gasteiger partial charge is 0.356 e. The van der Waals surface area contributed by atoms with Crippen LogP contribution in [0.5, 0.6) is 0 Å². The monoisotopic (exact) mass is 399 g/mol. The average molecular weight is 400 g/mol. The highest BCUT2D eigenvalue weighted by Crippen LogP contribution is 2.27. The summed E-state index contributed by atoms with van der Waals surface area (Å²) in [4.78, 5) is 5.56. The third-order valence-electron chi connectivity index (χ3n) is 3.68. The molecular formula is C20H18ClN3S2. The molecule has 0 radical (unpaired) electrons. The van der Waals surface area contributed by atoms with E-state index in [1.54, 1.807) is 18.0 Å². The molecule has 1 aromatic heterocycles. The molecule has 0 fully saturated rings. The van der Waals surface area contributed by atoms with Gasteiger partial charge in [-0.3, -0.25) is 0 Å². The van der Waals surface area contributed by atoms with Crippen molar-refractivity contribution in [2.75, 3.05) is 5.32 Å². The fourth-order valence-corrected chi connectivity index (χ4v) is 3.50. The molecule has 3 nitrogen and oxygen atoms in total. The van der Waals surface area contributed by atoms with E-state index in [1.165, 1.54) is 5.56 Å². The minimum Gasteiger partial charge on any atom is -0.356 e. The maximum atomic E-state index is 5.91. The Morgan fingerprint density at radius 3 is 2.42 bits per heavy atom. The van der Waals surface area contributed by atoms with Crippen molar-refractivity contribution in [2.24, 2.45) is 0 Å². The number of hydrogen-bond donors (Lipinski definition) is 2. The molecule has 0 saturated heterocycles. The highest BCUT2D eigenvalue weighted by atomic mass is 35.5. The van der Waals surface area contributed by atoms with Gasteiger partial charge in [-0.2, -0.15) is 0 Å². The van der Waals surface area contributed by atoms with Gasteiger partial charge < -0.3 is 10.6 Å². The number of nitrogens with zero attached hydrogens (tertiary/aromatic N) is 1. The summed E-state index contributed by atoms with van der Waals surface area (Å²) in [6.07, 6.45) is 1.78. The van der Waals surface area contributed by atoms with E-state index in [4.69, 9.17) is 23.8 Å². The molecular weight excluding hydrogens is 382 g/mol. The molecule has 132 valence electrons. The van der Waals surface area contributed by atoms with Gasteiger partial charge >= 0.3 is 0 Å². The topological polar surface area (TPSA) is 37.0 Å². The maximum Gasteiger partial charge on any atom is 0.171 e. The van der Waals surface area contributed by atoms with Crippen molar-refractivity contribution in [2.45, 2.75) is 22.9 Å². The zero-order valence-electron chi connectivity index (χ0n) is 14.1. The summed E-state index contributed by atoms with van der Waals surface area (Å²) in [5, 5.41) is 8.66. The Kier molecular flexibility index (Phi) is 6.50. The van der Waals surface area contributed by atoms with Gasteiger partial charge in [-0.25, -0.2) is 4.98 Å². The normalized spacial score (nSPS) is 11.6. The molecule has 1 heterocycles. The molecule has 0 spiro atoms. The quantitative estimate of drug-likeness (QED) is 0.519. The third kappa shape index (κ3) is 5.46. The molecule has 0 bridgehead atoms. The first-order chi connectivity index (χ1) is 12.6. The van der Waals surface area contributed by atoms with Gasteiger partial charge in [0.15, 0.2) is 5.11 Å². The highest BCUT2D eigenvalue weighted by Gasteiger charge is 2.07. The molecule has 26 heavy (non-hydrogen) atoms. The lowest BCUT2D eigenvalue weighted by Crippen LogP contribution is -2.30. The van der Waals surface area contributed by atoms with Crippen molar-refractivity contribution >= 4 is 46.4 Å². The van der Waals surface area contributed by atoms with Crippen molar-refractivity contribution in [3.05, 3.63) is 83.5 Å². The lowest BCUT2D eigenvalue weighted by Gasteiger charge is -2.17. The van der Waals surface area contributed by atoms with Gasteiger partial charge in [0.2, 0.25) is 0 Å². The minimum absolute atomic E-state index is 0.129. The molecule has 3 rings (SSSR count). The van der Waals surface area contributed by atoms with Crippen LogP contribution in [0.15, 0.2) is 82.8 Å². The molecule has 0 aliphatic rings. The second-order valence-electron chi connectivity index (χ2n) is 5.67. The lowest BCUT2D eigenvalue weighted by atomic mass is 10.1. The Balaban J connectivity index is 1.55. The van der Waals surface area contributed by atoms with E-state index in [0.717, 1.165) is 20.6 Å². The summed E-state index contributed by atoms with van der Waals surface area (Å²) >= 11 is 12.9. The van der Waals surface area contributed by atoms with Crippen molar-refractivity contribution in [1.29, 1.82) is 0 Å². The van der Waals surface area contributed by atoms with E-state index in [9.17, 15) is 0 Å². The standard InChI is InChI=1S/C20H18ClN3S2/c1-14(15-5-3-2-4-6-15)23-20(25)24-17-9-12-19(22-13-17)26-18-10-7-16(21)8-11-18/h2-14H,1H3,(H2,23,24,25)/t14-/m0/s1. The second kappa shape index (κ2) is 9.03. The number of aromatic nitrogens is 1. The van der Waals surface area contributed by atoms with Crippen LogP contribution in [0, 0.1) is 0 Å². The van der Waals surface area contributed by atoms with Crippen molar-refractivity contribution in [3.8, 4) is 0 Å².